The average molecular weight is 352 g/mol. The smallest absolute Gasteiger partial charge is 0.00437 e. The Hall–Kier alpha value is -0.0400. The maximum atomic E-state index is 3.85. The first-order valence-corrected chi connectivity index (χ1v) is 11.7. The molecule has 25 heavy (non-hydrogen) atoms. The van der Waals surface area contributed by atoms with Crippen molar-refractivity contribution in [1.82, 2.24) is 5.32 Å². The minimum Gasteiger partial charge on any atom is -0.312 e. The average Bonchev–Trinajstić information content (AvgIpc) is 2.57. The van der Waals surface area contributed by atoms with Gasteiger partial charge in [0.25, 0.3) is 0 Å². The Labute approximate surface area is 160 Å². The molecule has 0 amide bonds. The van der Waals surface area contributed by atoms with E-state index in [0.29, 0.717) is 12.1 Å². The zero-order chi connectivity index (χ0) is 18.7. The van der Waals surface area contributed by atoms with Gasteiger partial charge < -0.3 is 5.32 Å². The van der Waals surface area contributed by atoms with E-state index in [-0.39, 0.29) is 0 Å². The molecule has 1 rings (SSSR count). The number of hydrogen-bond acceptors (Lipinski definition) is 1. The van der Waals surface area contributed by atoms with Crippen molar-refractivity contribution in [2.75, 3.05) is 0 Å². The van der Waals surface area contributed by atoms with Gasteiger partial charge in [0.05, 0.1) is 0 Å². The van der Waals surface area contributed by atoms with Crippen molar-refractivity contribution < 1.29 is 0 Å². The van der Waals surface area contributed by atoms with E-state index in [1.54, 1.807) is 0 Å². The molecule has 0 heterocycles. The Balaban J connectivity index is 2.08. The van der Waals surface area contributed by atoms with Gasteiger partial charge in [-0.2, -0.15) is 0 Å². The highest BCUT2D eigenvalue weighted by Gasteiger charge is 2.19. The van der Waals surface area contributed by atoms with Gasteiger partial charge in [-0.15, -0.1) is 0 Å². The lowest BCUT2D eigenvalue weighted by Gasteiger charge is -2.27. The van der Waals surface area contributed by atoms with Crippen LogP contribution in [0.25, 0.3) is 0 Å². The minimum atomic E-state index is 0.668. The second kappa shape index (κ2) is 13.2. The van der Waals surface area contributed by atoms with Crippen LogP contribution in [0.5, 0.6) is 0 Å². The third kappa shape index (κ3) is 11.3. The van der Waals surface area contributed by atoms with Gasteiger partial charge in [0.2, 0.25) is 0 Å². The number of hydrogen-bond donors (Lipinski definition) is 1. The fourth-order valence-corrected chi connectivity index (χ4v) is 4.73. The molecule has 150 valence electrons. The zero-order valence-corrected chi connectivity index (χ0v) is 18.4. The molecule has 0 saturated heterocycles. The van der Waals surface area contributed by atoms with Gasteiger partial charge in [-0.25, -0.2) is 0 Å². The highest BCUT2D eigenvalue weighted by atomic mass is 14.9. The number of nitrogens with one attached hydrogen (secondary N) is 1. The monoisotopic (exact) mass is 351 g/mol. The SMILES string of the molecule is CCCCC(C)CC(C)NC(C)CCC(C)CCC1CCC(C)CC1. The molecule has 1 aliphatic rings. The van der Waals surface area contributed by atoms with E-state index in [1.807, 2.05) is 0 Å². The Bertz CT molecular complexity index is 305. The predicted octanol–water partition coefficient (Wildman–Crippen LogP) is 7.59. The van der Waals surface area contributed by atoms with E-state index in [0.717, 1.165) is 23.7 Å². The molecule has 1 nitrogen and oxygen atoms in total. The molecule has 1 heteroatoms. The van der Waals surface area contributed by atoms with Crippen LogP contribution in [0, 0.1) is 23.7 Å². The summed E-state index contributed by atoms with van der Waals surface area (Å²) in [4.78, 5) is 0. The van der Waals surface area contributed by atoms with Crippen LogP contribution in [0.2, 0.25) is 0 Å². The lowest BCUT2D eigenvalue weighted by atomic mass is 9.79. The molecule has 1 N–H and O–H groups in total. The van der Waals surface area contributed by atoms with Crippen molar-refractivity contribution in [3.8, 4) is 0 Å². The molecule has 0 spiro atoms. The molecule has 1 aliphatic carbocycles. The van der Waals surface area contributed by atoms with Crippen molar-refractivity contribution in [1.29, 1.82) is 0 Å². The number of unbranched alkanes of at least 4 members (excludes halogenated alkanes) is 1. The fraction of sp³-hybridized carbons (Fsp3) is 1.00. The first-order chi connectivity index (χ1) is 11.9. The topological polar surface area (TPSA) is 12.0 Å². The molecule has 0 radical (unpaired) electrons. The largest absolute Gasteiger partial charge is 0.312 e. The molecule has 1 saturated carbocycles. The summed E-state index contributed by atoms with van der Waals surface area (Å²) in [5, 5.41) is 3.85. The van der Waals surface area contributed by atoms with Gasteiger partial charge in [0.15, 0.2) is 0 Å². The molecule has 0 aliphatic heterocycles. The normalized spacial score (nSPS) is 26.2. The van der Waals surface area contributed by atoms with Gasteiger partial charge in [-0.05, 0) is 56.8 Å². The van der Waals surface area contributed by atoms with E-state index < -0.39 is 0 Å². The van der Waals surface area contributed by atoms with E-state index in [9.17, 15) is 0 Å². The Morgan fingerprint density at radius 2 is 1.48 bits per heavy atom. The third-order valence-electron chi connectivity index (χ3n) is 6.67. The van der Waals surface area contributed by atoms with Crippen LogP contribution in [-0.2, 0) is 0 Å². The predicted molar refractivity (Wildman–Crippen MR) is 114 cm³/mol. The summed E-state index contributed by atoms with van der Waals surface area (Å²) in [5.41, 5.74) is 0. The van der Waals surface area contributed by atoms with Crippen LogP contribution in [-0.4, -0.2) is 12.1 Å². The van der Waals surface area contributed by atoms with Gasteiger partial charge in [0.1, 0.15) is 0 Å². The molecule has 4 unspecified atom stereocenters. The first-order valence-electron chi connectivity index (χ1n) is 11.7. The molecule has 0 bridgehead atoms. The maximum absolute atomic E-state index is 3.85. The Morgan fingerprint density at radius 1 is 0.800 bits per heavy atom. The van der Waals surface area contributed by atoms with E-state index in [2.05, 4.69) is 46.9 Å². The highest BCUT2D eigenvalue weighted by molar-refractivity contribution is 4.73. The summed E-state index contributed by atoms with van der Waals surface area (Å²) in [6.07, 6.45) is 17.1. The molecular weight excluding hydrogens is 302 g/mol. The van der Waals surface area contributed by atoms with Crippen LogP contribution in [0.3, 0.4) is 0 Å². The van der Waals surface area contributed by atoms with Crippen molar-refractivity contribution >= 4 is 0 Å². The standard InChI is InChI=1S/C24H49N/c1-7-8-9-21(4)18-23(6)25-22(5)14-10-19(2)11-15-24-16-12-20(3)13-17-24/h19-25H,7-18H2,1-6H3. The maximum Gasteiger partial charge on any atom is 0.00437 e. The fourth-order valence-electron chi connectivity index (χ4n) is 4.73. The zero-order valence-electron chi connectivity index (χ0n) is 18.4. The molecule has 4 atom stereocenters. The van der Waals surface area contributed by atoms with E-state index in [1.165, 1.54) is 77.0 Å². The van der Waals surface area contributed by atoms with Crippen LogP contribution >= 0.6 is 0 Å². The summed E-state index contributed by atoms with van der Waals surface area (Å²) in [5.74, 6) is 3.81. The van der Waals surface area contributed by atoms with Crippen molar-refractivity contribution in [2.45, 2.75) is 131 Å². The number of rotatable bonds is 13. The summed E-state index contributed by atoms with van der Waals surface area (Å²) < 4.78 is 0. The summed E-state index contributed by atoms with van der Waals surface area (Å²) in [6, 6.07) is 1.34. The summed E-state index contributed by atoms with van der Waals surface area (Å²) in [6.45, 7) is 14.4. The molecule has 1 fully saturated rings. The van der Waals surface area contributed by atoms with Gasteiger partial charge in [-0.1, -0.05) is 85.5 Å². The van der Waals surface area contributed by atoms with Crippen molar-refractivity contribution in [2.24, 2.45) is 23.7 Å². The first kappa shape index (κ1) is 23.0. The molecule has 0 aromatic heterocycles. The van der Waals surface area contributed by atoms with Crippen LogP contribution < -0.4 is 5.32 Å². The highest BCUT2D eigenvalue weighted by Crippen LogP contribution is 2.32. The van der Waals surface area contributed by atoms with Gasteiger partial charge >= 0.3 is 0 Å². The van der Waals surface area contributed by atoms with Crippen molar-refractivity contribution in [3.63, 3.8) is 0 Å². The lowest BCUT2D eigenvalue weighted by Crippen LogP contribution is -2.35. The van der Waals surface area contributed by atoms with Crippen LogP contribution in [0.4, 0.5) is 0 Å². The van der Waals surface area contributed by atoms with Gasteiger partial charge in [-0.3, -0.25) is 0 Å². The van der Waals surface area contributed by atoms with Gasteiger partial charge in [0, 0.05) is 12.1 Å². The summed E-state index contributed by atoms with van der Waals surface area (Å²) in [7, 11) is 0. The van der Waals surface area contributed by atoms with Crippen LogP contribution in [0.1, 0.15) is 119 Å². The molecular formula is C24H49N. The second-order valence-electron chi connectivity index (χ2n) is 9.84. The van der Waals surface area contributed by atoms with E-state index >= 15 is 0 Å². The Morgan fingerprint density at radius 3 is 2.12 bits per heavy atom. The molecule has 0 aromatic rings. The van der Waals surface area contributed by atoms with E-state index in [4.69, 9.17) is 0 Å². The Kier molecular flexibility index (Phi) is 12.1. The second-order valence-corrected chi connectivity index (χ2v) is 9.84. The summed E-state index contributed by atoms with van der Waals surface area (Å²) >= 11 is 0. The minimum absolute atomic E-state index is 0.668. The lowest BCUT2D eigenvalue weighted by molar-refractivity contribution is 0.258. The van der Waals surface area contributed by atoms with Crippen molar-refractivity contribution in [3.05, 3.63) is 0 Å². The molecule has 0 aromatic carbocycles. The quantitative estimate of drug-likeness (QED) is 0.360. The third-order valence-corrected chi connectivity index (χ3v) is 6.67. The van der Waals surface area contributed by atoms with Crippen LogP contribution in [0.15, 0.2) is 0 Å².